The van der Waals surface area contributed by atoms with E-state index in [0.29, 0.717) is 25.3 Å². The van der Waals surface area contributed by atoms with Crippen molar-refractivity contribution in [2.24, 2.45) is 5.92 Å². The Morgan fingerprint density at radius 1 is 1.03 bits per heavy atom. The lowest BCUT2D eigenvalue weighted by molar-refractivity contribution is -0.137. The Hall–Kier alpha value is -3.03. The molecule has 2 aliphatic rings. The summed E-state index contributed by atoms with van der Waals surface area (Å²) in [5, 5.41) is 9.21. The number of para-hydroxylation sites is 1. The van der Waals surface area contributed by atoms with E-state index < -0.39 is 12.1 Å². The van der Waals surface area contributed by atoms with Gasteiger partial charge in [-0.1, -0.05) is 32.0 Å². The van der Waals surface area contributed by atoms with Crippen molar-refractivity contribution < 1.29 is 19.1 Å². The van der Waals surface area contributed by atoms with Crippen LogP contribution in [-0.4, -0.2) is 60.9 Å². The van der Waals surface area contributed by atoms with Gasteiger partial charge in [-0.15, -0.1) is 0 Å². The Labute approximate surface area is 208 Å². The number of allylic oxidation sites excluding steroid dienone is 1. The number of hydrogen-bond acceptors (Lipinski definition) is 5. The number of carbonyl (C=O) groups is 3. The van der Waals surface area contributed by atoms with Gasteiger partial charge in [0.05, 0.1) is 5.70 Å². The molecule has 3 rings (SSSR count). The Morgan fingerprint density at radius 2 is 1.74 bits per heavy atom. The topological polar surface area (TPSA) is 99.8 Å². The van der Waals surface area contributed by atoms with E-state index in [-0.39, 0.29) is 29.7 Å². The maximum atomic E-state index is 13.2. The van der Waals surface area contributed by atoms with Crippen LogP contribution in [0.25, 0.3) is 0 Å². The van der Waals surface area contributed by atoms with Crippen LogP contribution in [0.15, 0.2) is 35.5 Å². The molecule has 1 fully saturated rings. The van der Waals surface area contributed by atoms with E-state index in [9.17, 15) is 14.4 Å². The van der Waals surface area contributed by atoms with Gasteiger partial charge in [-0.05, 0) is 69.1 Å². The third-order valence-corrected chi connectivity index (χ3v) is 6.56. The van der Waals surface area contributed by atoms with E-state index in [0.717, 1.165) is 42.6 Å². The lowest BCUT2D eigenvalue weighted by atomic mass is 10.0. The number of carbonyl (C=O) groups excluding carboxylic acids is 3. The van der Waals surface area contributed by atoms with Crippen molar-refractivity contribution in [3.05, 3.63) is 41.1 Å². The largest absolute Gasteiger partial charge is 0.491 e. The normalized spacial score (nSPS) is 25.0. The van der Waals surface area contributed by atoms with E-state index in [1.165, 1.54) is 4.90 Å². The van der Waals surface area contributed by atoms with Crippen molar-refractivity contribution in [3.63, 3.8) is 0 Å². The van der Waals surface area contributed by atoms with Crippen molar-refractivity contribution in [2.45, 2.75) is 77.9 Å². The highest BCUT2D eigenvalue weighted by molar-refractivity contribution is 5.98. The van der Waals surface area contributed by atoms with Crippen molar-refractivity contribution in [1.82, 2.24) is 20.9 Å². The van der Waals surface area contributed by atoms with Gasteiger partial charge in [0, 0.05) is 19.6 Å². The molecule has 35 heavy (non-hydrogen) atoms. The molecule has 1 aliphatic carbocycles. The number of aryl methyl sites for hydroxylation is 1. The zero-order chi connectivity index (χ0) is 25.5. The fourth-order valence-corrected chi connectivity index (χ4v) is 4.16. The highest BCUT2D eigenvalue weighted by atomic mass is 16.5. The number of ether oxygens (including phenoxy) is 1. The molecule has 0 spiro atoms. The summed E-state index contributed by atoms with van der Waals surface area (Å²) in [5.41, 5.74) is 2.69. The maximum absolute atomic E-state index is 13.2. The van der Waals surface area contributed by atoms with Crippen LogP contribution in [0.3, 0.4) is 0 Å². The summed E-state index contributed by atoms with van der Waals surface area (Å²) in [4.78, 5) is 40.9. The molecule has 8 heteroatoms. The Balaban J connectivity index is 1.85. The van der Waals surface area contributed by atoms with Crippen LogP contribution in [0.2, 0.25) is 0 Å². The maximum Gasteiger partial charge on any atom is 0.270 e. The average Bonchev–Trinajstić information content (AvgIpc) is 3.66. The molecule has 1 heterocycles. The molecule has 3 amide bonds. The molecule has 0 aromatic heterocycles. The van der Waals surface area contributed by atoms with E-state index >= 15 is 0 Å². The minimum absolute atomic E-state index is 0.0722. The van der Waals surface area contributed by atoms with Crippen molar-refractivity contribution in [1.29, 1.82) is 0 Å². The molecule has 0 bridgehead atoms. The number of amides is 3. The Kier molecular flexibility index (Phi) is 9.18. The predicted molar refractivity (Wildman–Crippen MR) is 136 cm³/mol. The number of hydrogen-bond donors (Lipinski definition) is 3. The van der Waals surface area contributed by atoms with Crippen LogP contribution in [-0.2, 0) is 20.8 Å². The van der Waals surface area contributed by atoms with Gasteiger partial charge in [0.2, 0.25) is 11.8 Å². The second kappa shape index (κ2) is 12.1. The molecule has 1 aromatic carbocycles. The molecule has 1 saturated carbocycles. The number of nitrogens with zero attached hydrogens (tertiary/aromatic N) is 1. The number of rotatable bonds is 2. The third kappa shape index (κ3) is 7.47. The summed E-state index contributed by atoms with van der Waals surface area (Å²) < 4.78 is 6.04. The fraction of sp³-hybridized carbons (Fsp3) is 0.593. The summed E-state index contributed by atoms with van der Waals surface area (Å²) in [7, 11) is 1.63. The number of fused-ring (bicyclic) bond motifs is 1. The molecule has 3 atom stereocenters. The smallest absolute Gasteiger partial charge is 0.270 e. The minimum Gasteiger partial charge on any atom is -0.491 e. The lowest BCUT2D eigenvalue weighted by Crippen LogP contribution is -2.55. The van der Waals surface area contributed by atoms with Crippen molar-refractivity contribution in [3.8, 4) is 5.75 Å². The summed E-state index contributed by atoms with van der Waals surface area (Å²) in [6.07, 6.45) is 3.77. The molecular formula is C27H40N4O4. The van der Waals surface area contributed by atoms with Crippen LogP contribution in [0.5, 0.6) is 5.75 Å². The first-order chi connectivity index (χ1) is 16.7. The molecule has 1 aliphatic heterocycles. The molecule has 0 radical (unpaired) electrons. The van der Waals surface area contributed by atoms with Gasteiger partial charge in [0.1, 0.15) is 24.4 Å². The SMILES string of the molecule is CC(C)C[C@H]1NC(=O)[C@@H](C)N(C)C(=O)C(=C2CC2)NCCOc2ccccc2CC[C@@H](C)NC1=O. The van der Waals surface area contributed by atoms with Gasteiger partial charge in [-0.3, -0.25) is 14.4 Å². The first kappa shape index (κ1) is 26.6. The summed E-state index contributed by atoms with van der Waals surface area (Å²) in [6.45, 7) is 8.59. The molecule has 0 unspecified atom stereocenters. The van der Waals surface area contributed by atoms with Gasteiger partial charge in [0.15, 0.2) is 0 Å². The van der Waals surface area contributed by atoms with E-state index in [2.05, 4.69) is 16.0 Å². The standard InChI is InChI=1S/C27H40N4O4/c1-17(2)16-22-26(33)29-18(3)10-11-20-8-6-7-9-23(20)35-15-14-28-24(21-12-13-21)27(34)31(5)19(4)25(32)30-22/h6-9,17-19,22,28H,10-16H2,1-5H3,(H,29,33)(H,30,32)/t18-,19-,22-/m1/s1. The minimum atomic E-state index is -0.722. The zero-order valence-electron chi connectivity index (χ0n) is 21.6. The second-order valence-electron chi connectivity index (χ2n) is 10.1. The number of nitrogens with one attached hydrogen (secondary N) is 3. The first-order valence-electron chi connectivity index (χ1n) is 12.7. The van der Waals surface area contributed by atoms with E-state index in [1.54, 1.807) is 14.0 Å². The average molecular weight is 485 g/mol. The molecule has 8 nitrogen and oxygen atoms in total. The fourth-order valence-electron chi connectivity index (χ4n) is 4.16. The van der Waals surface area contributed by atoms with E-state index in [1.807, 2.05) is 45.0 Å². The van der Waals surface area contributed by atoms with Gasteiger partial charge < -0.3 is 25.6 Å². The summed E-state index contributed by atoms with van der Waals surface area (Å²) >= 11 is 0. The zero-order valence-corrected chi connectivity index (χ0v) is 21.6. The molecule has 0 saturated heterocycles. The third-order valence-electron chi connectivity index (χ3n) is 6.56. The summed E-state index contributed by atoms with van der Waals surface area (Å²) in [5.74, 6) is 0.270. The number of likely N-dealkylation sites (N-methyl/N-ethyl adjacent to an activating group) is 1. The number of benzene rings is 1. The van der Waals surface area contributed by atoms with Crippen LogP contribution in [0.4, 0.5) is 0 Å². The van der Waals surface area contributed by atoms with Crippen molar-refractivity contribution >= 4 is 17.7 Å². The quantitative estimate of drug-likeness (QED) is 0.560. The monoisotopic (exact) mass is 484 g/mol. The molecular weight excluding hydrogens is 444 g/mol. The van der Waals surface area contributed by atoms with Crippen LogP contribution in [0.1, 0.15) is 58.9 Å². The molecule has 192 valence electrons. The first-order valence-corrected chi connectivity index (χ1v) is 12.7. The van der Waals surface area contributed by atoms with Crippen LogP contribution in [0, 0.1) is 5.92 Å². The highest BCUT2D eigenvalue weighted by Crippen LogP contribution is 2.31. The van der Waals surface area contributed by atoms with Gasteiger partial charge >= 0.3 is 0 Å². The predicted octanol–water partition coefficient (Wildman–Crippen LogP) is 2.53. The Morgan fingerprint density at radius 3 is 2.43 bits per heavy atom. The van der Waals surface area contributed by atoms with Crippen molar-refractivity contribution in [2.75, 3.05) is 20.2 Å². The van der Waals surface area contributed by atoms with Gasteiger partial charge in [0.25, 0.3) is 5.91 Å². The van der Waals surface area contributed by atoms with Crippen LogP contribution >= 0.6 is 0 Å². The van der Waals surface area contributed by atoms with Crippen LogP contribution < -0.4 is 20.7 Å². The highest BCUT2D eigenvalue weighted by Gasteiger charge is 2.32. The van der Waals surface area contributed by atoms with Gasteiger partial charge in [-0.2, -0.15) is 0 Å². The van der Waals surface area contributed by atoms with E-state index in [4.69, 9.17) is 4.74 Å². The summed E-state index contributed by atoms with van der Waals surface area (Å²) in [6, 6.07) is 6.46. The van der Waals surface area contributed by atoms with Gasteiger partial charge in [-0.25, -0.2) is 0 Å². The molecule has 1 aromatic rings. The second-order valence-corrected chi connectivity index (χ2v) is 10.1. The lowest BCUT2D eigenvalue weighted by Gasteiger charge is -2.29. The Bertz CT molecular complexity index is 952. The molecule has 3 N–H and O–H groups in total.